The average molecular weight is 321 g/mol. The molecular weight excluding hydrogens is 301 g/mol. The van der Waals surface area contributed by atoms with Crippen LogP contribution in [-0.4, -0.2) is 29.7 Å². The van der Waals surface area contributed by atoms with Crippen molar-refractivity contribution in [2.24, 2.45) is 0 Å². The van der Waals surface area contributed by atoms with Crippen molar-refractivity contribution in [3.8, 4) is 0 Å². The zero-order chi connectivity index (χ0) is 15.7. The predicted molar refractivity (Wildman–Crippen MR) is 85.9 cm³/mol. The molecule has 1 aliphatic rings. The van der Waals surface area contributed by atoms with Gasteiger partial charge in [0.2, 0.25) is 0 Å². The van der Waals surface area contributed by atoms with Crippen LogP contribution >= 0.6 is 11.3 Å². The molecule has 0 bridgehead atoms. The summed E-state index contributed by atoms with van der Waals surface area (Å²) in [6, 6.07) is 3.15. The summed E-state index contributed by atoms with van der Waals surface area (Å²) in [6.07, 6.45) is 1.20. The molecule has 6 heteroatoms. The highest BCUT2D eigenvalue weighted by atomic mass is 32.1. The van der Waals surface area contributed by atoms with E-state index in [0.717, 1.165) is 23.1 Å². The van der Waals surface area contributed by atoms with Crippen LogP contribution in [0, 0.1) is 5.82 Å². The summed E-state index contributed by atoms with van der Waals surface area (Å²) >= 11 is 1.64. The molecule has 0 aromatic carbocycles. The number of pyridine rings is 1. The fourth-order valence-electron chi connectivity index (χ4n) is 2.34. The quantitative estimate of drug-likeness (QED) is 0.848. The van der Waals surface area contributed by atoms with Gasteiger partial charge in [0.15, 0.2) is 0 Å². The number of hydrogen-bond donors (Lipinski definition) is 0. The SMILES string of the molecule is CC(C)(C)c1csc([C@H]2CN(c3ccc(F)cn3)CCO2)n1. The first-order valence-electron chi connectivity index (χ1n) is 7.37. The molecule has 0 unspecified atom stereocenters. The lowest BCUT2D eigenvalue weighted by molar-refractivity contribution is 0.0392. The van der Waals surface area contributed by atoms with Crippen LogP contribution in [0.4, 0.5) is 10.2 Å². The number of nitrogens with zero attached hydrogens (tertiary/aromatic N) is 3. The Morgan fingerprint density at radius 1 is 1.36 bits per heavy atom. The summed E-state index contributed by atoms with van der Waals surface area (Å²) in [5.41, 5.74) is 1.13. The van der Waals surface area contributed by atoms with Crippen molar-refractivity contribution >= 4 is 17.2 Å². The zero-order valence-corrected chi connectivity index (χ0v) is 13.9. The molecule has 1 saturated heterocycles. The first-order valence-corrected chi connectivity index (χ1v) is 8.25. The highest BCUT2D eigenvalue weighted by Crippen LogP contribution is 2.31. The molecule has 0 amide bonds. The Hall–Kier alpha value is -1.53. The van der Waals surface area contributed by atoms with Gasteiger partial charge in [0.1, 0.15) is 22.7 Å². The summed E-state index contributed by atoms with van der Waals surface area (Å²) in [5.74, 6) is 0.464. The molecule has 2 aromatic heterocycles. The van der Waals surface area contributed by atoms with Crippen molar-refractivity contribution in [3.05, 3.63) is 40.2 Å². The van der Waals surface area contributed by atoms with Crippen LogP contribution in [0.15, 0.2) is 23.7 Å². The second-order valence-corrected chi connectivity index (χ2v) is 7.35. The fraction of sp³-hybridized carbons (Fsp3) is 0.500. The van der Waals surface area contributed by atoms with Crippen LogP contribution in [0.2, 0.25) is 0 Å². The topological polar surface area (TPSA) is 38.2 Å². The van der Waals surface area contributed by atoms with E-state index < -0.39 is 0 Å². The van der Waals surface area contributed by atoms with Crippen molar-refractivity contribution < 1.29 is 9.13 Å². The number of hydrogen-bond acceptors (Lipinski definition) is 5. The van der Waals surface area contributed by atoms with Crippen LogP contribution in [0.25, 0.3) is 0 Å². The van der Waals surface area contributed by atoms with Crippen LogP contribution in [0.5, 0.6) is 0 Å². The van der Waals surface area contributed by atoms with E-state index in [-0.39, 0.29) is 17.3 Å². The van der Waals surface area contributed by atoms with E-state index in [0.29, 0.717) is 13.2 Å². The van der Waals surface area contributed by atoms with Crippen molar-refractivity contribution in [2.45, 2.75) is 32.3 Å². The highest BCUT2D eigenvalue weighted by molar-refractivity contribution is 7.09. The van der Waals surface area contributed by atoms with E-state index in [4.69, 9.17) is 9.72 Å². The van der Waals surface area contributed by atoms with Crippen LogP contribution in [-0.2, 0) is 10.2 Å². The van der Waals surface area contributed by atoms with Crippen molar-refractivity contribution in [3.63, 3.8) is 0 Å². The molecule has 4 nitrogen and oxygen atoms in total. The summed E-state index contributed by atoms with van der Waals surface area (Å²) in [7, 11) is 0. The molecule has 3 rings (SSSR count). The molecule has 118 valence electrons. The standard InChI is InChI=1S/C16H20FN3OS/c1-16(2,3)13-10-22-15(19-13)12-9-20(6-7-21-12)14-5-4-11(17)8-18-14/h4-5,8,10,12H,6-7,9H2,1-3H3/t12-/m1/s1. The fourth-order valence-corrected chi connectivity index (χ4v) is 3.43. The molecule has 3 heterocycles. The van der Waals surface area contributed by atoms with E-state index in [2.05, 4.69) is 36.0 Å². The largest absolute Gasteiger partial charge is 0.367 e. The van der Waals surface area contributed by atoms with Crippen molar-refractivity contribution in [1.82, 2.24) is 9.97 Å². The Morgan fingerprint density at radius 2 is 2.18 bits per heavy atom. The van der Waals surface area contributed by atoms with E-state index in [1.807, 2.05) is 0 Å². The number of thiazole rings is 1. The minimum Gasteiger partial charge on any atom is -0.367 e. The highest BCUT2D eigenvalue weighted by Gasteiger charge is 2.27. The molecule has 0 saturated carbocycles. The van der Waals surface area contributed by atoms with Gasteiger partial charge in [0, 0.05) is 17.3 Å². The maximum Gasteiger partial charge on any atom is 0.141 e. The average Bonchev–Trinajstić information content (AvgIpc) is 2.98. The lowest BCUT2D eigenvalue weighted by atomic mass is 9.93. The van der Waals surface area contributed by atoms with Gasteiger partial charge in [-0.25, -0.2) is 14.4 Å². The first-order chi connectivity index (χ1) is 10.4. The number of morpholine rings is 1. The minimum absolute atomic E-state index is 0.0433. The number of halogens is 1. The maximum atomic E-state index is 13.0. The second kappa shape index (κ2) is 5.93. The number of anilines is 1. The third-order valence-electron chi connectivity index (χ3n) is 3.67. The van der Waals surface area contributed by atoms with Gasteiger partial charge in [0.05, 0.1) is 25.0 Å². The zero-order valence-electron chi connectivity index (χ0n) is 13.0. The van der Waals surface area contributed by atoms with E-state index >= 15 is 0 Å². The van der Waals surface area contributed by atoms with Gasteiger partial charge in [-0.15, -0.1) is 11.3 Å². The van der Waals surface area contributed by atoms with E-state index in [9.17, 15) is 4.39 Å². The van der Waals surface area contributed by atoms with Gasteiger partial charge in [-0.05, 0) is 12.1 Å². The van der Waals surface area contributed by atoms with E-state index in [1.54, 1.807) is 17.4 Å². The molecule has 0 radical (unpaired) electrons. The maximum absolute atomic E-state index is 13.0. The summed E-state index contributed by atoms with van der Waals surface area (Å²) in [5, 5.41) is 3.10. The van der Waals surface area contributed by atoms with Gasteiger partial charge in [-0.1, -0.05) is 20.8 Å². The van der Waals surface area contributed by atoms with Crippen molar-refractivity contribution in [2.75, 3.05) is 24.6 Å². The summed E-state index contributed by atoms with van der Waals surface area (Å²) in [4.78, 5) is 11.0. The predicted octanol–water partition coefficient (Wildman–Crippen LogP) is 3.55. The number of ether oxygens (including phenoxy) is 1. The monoisotopic (exact) mass is 321 g/mol. The van der Waals surface area contributed by atoms with Crippen LogP contribution in [0.1, 0.15) is 37.6 Å². The van der Waals surface area contributed by atoms with Gasteiger partial charge in [0.25, 0.3) is 0 Å². The lowest BCUT2D eigenvalue weighted by Crippen LogP contribution is -2.38. The second-order valence-electron chi connectivity index (χ2n) is 6.46. The van der Waals surface area contributed by atoms with Gasteiger partial charge >= 0.3 is 0 Å². The number of aromatic nitrogens is 2. The minimum atomic E-state index is -0.316. The molecule has 0 spiro atoms. The molecule has 1 fully saturated rings. The third kappa shape index (κ3) is 3.28. The Balaban J connectivity index is 1.75. The van der Waals surface area contributed by atoms with Gasteiger partial charge < -0.3 is 9.64 Å². The third-order valence-corrected chi connectivity index (χ3v) is 4.60. The smallest absolute Gasteiger partial charge is 0.141 e. The Morgan fingerprint density at radius 3 is 2.82 bits per heavy atom. The Bertz CT molecular complexity index is 636. The first kappa shape index (κ1) is 15.4. The summed E-state index contributed by atoms with van der Waals surface area (Å²) in [6.45, 7) is 8.53. The Labute approximate surface area is 134 Å². The molecule has 0 aliphatic carbocycles. The summed E-state index contributed by atoms with van der Waals surface area (Å²) < 4.78 is 18.9. The van der Waals surface area contributed by atoms with Crippen LogP contribution < -0.4 is 4.90 Å². The van der Waals surface area contributed by atoms with Gasteiger partial charge in [-0.3, -0.25) is 0 Å². The molecule has 1 atom stereocenters. The lowest BCUT2D eigenvalue weighted by Gasteiger charge is -2.32. The van der Waals surface area contributed by atoms with E-state index in [1.165, 1.54) is 12.3 Å². The molecule has 0 N–H and O–H groups in total. The number of rotatable bonds is 2. The van der Waals surface area contributed by atoms with Crippen LogP contribution in [0.3, 0.4) is 0 Å². The molecule has 1 aliphatic heterocycles. The molecule has 2 aromatic rings. The molecular formula is C16H20FN3OS. The van der Waals surface area contributed by atoms with Gasteiger partial charge in [-0.2, -0.15) is 0 Å². The molecule has 22 heavy (non-hydrogen) atoms. The normalized spacial score (nSPS) is 19.5. The Kier molecular flexibility index (Phi) is 4.14. The van der Waals surface area contributed by atoms with Crippen molar-refractivity contribution in [1.29, 1.82) is 0 Å².